The second-order valence-electron chi connectivity index (χ2n) is 5.02. The largest absolute Gasteiger partial charge is 0.324 e. The molecule has 1 aromatic carbocycles. The number of nitrogens with zero attached hydrogens (tertiary/aromatic N) is 3. The zero-order valence-corrected chi connectivity index (χ0v) is 13.1. The topological polar surface area (TPSA) is 55.2 Å². The minimum absolute atomic E-state index is 0.00506. The van der Waals surface area contributed by atoms with Gasteiger partial charge in [0.05, 0.1) is 12.0 Å². The molecular formula is C13H12ClF2N3O2S. The predicted molar refractivity (Wildman–Crippen MR) is 77.4 cm³/mol. The minimum Gasteiger partial charge on any atom is -0.324 e. The van der Waals surface area contributed by atoms with Crippen molar-refractivity contribution in [3.05, 3.63) is 40.8 Å². The second-order valence-corrected chi connectivity index (χ2v) is 7.15. The van der Waals surface area contributed by atoms with Crippen molar-refractivity contribution >= 4 is 27.3 Å². The van der Waals surface area contributed by atoms with Crippen molar-refractivity contribution in [3.63, 3.8) is 0 Å². The van der Waals surface area contributed by atoms with E-state index in [2.05, 4.69) is 4.98 Å². The lowest BCUT2D eigenvalue weighted by molar-refractivity contribution is 0.558. The summed E-state index contributed by atoms with van der Waals surface area (Å²) in [5.41, 5.74) is 0.189. The first-order chi connectivity index (χ1) is 10.3. The van der Waals surface area contributed by atoms with E-state index in [1.807, 2.05) is 0 Å². The third kappa shape index (κ3) is 2.26. The molecule has 0 unspecified atom stereocenters. The molecule has 0 saturated heterocycles. The fourth-order valence-corrected chi connectivity index (χ4v) is 4.42. The van der Waals surface area contributed by atoms with E-state index < -0.39 is 21.7 Å². The summed E-state index contributed by atoms with van der Waals surface area (Å²) in [6, 6.07) is 1.77. The van der Waals surface area contributed by atoms with Crippen molar-refractivity contribution in [1.29, 1.82) is 0 Å². The maximum Gasteiger partial charge on any atom is 0.284 e. The van der Waals surface area contributed by atoms with Gasteiger partial charge in [-0.3, -0.25) is 4.31 Å². The molecule has 0 atom stereocenters. The molecule has 2 heterocycles. The number of aromatic nitrogens is 2. The van der Waals surface area contributed by atoms with Crippen LogP contribution in [0.5, 0.6) is 0 Å². The minimum atomic E-state index is -4.08. The predicted octanol–water partition coefficient (Wildman–Crippen LogP) is 2.49. The van der Waals surface area contributed by atoms with E-state index in [9.17, 15) is 17.2 Å². The van der Waals surface area contributed by atoms with Crippen molar-refractivity contribution in [2.24, 2.45) is 7.05 Å². The molecule has 2 aromatic rings. The van der Waals surface area contributed by atoms with Crippen LogP contribution < -0.4 is 4.31 Å². The van der Waals surface area contributed by atoms with Gasteiger partial charge in [-0.05, 0) is 18.9 Å². The van der Waals surface area contributed by atoms with Crippen molar-refractivity contribution in [2.45, 2.75) is 17.9 Å². The lowest BCUT2D eigenvalue weighted by Crippen LogP contribution is -2.36. The quantitative estimate of drug-likeness (QED) is 0.838. The Morgan fingerprint density at radius 2 is 2.05 bits per heavy atom. The van der Waals surface area contributed by atoms with Gasteiger partial charge in [-0.15, -0.1) is 0 Å². The van der Waals surface area contributed by atoms with E-state index in [1.165, 1.54) is 10.9 Å². The Morgan fingerprint density at radius 3 is 2.68 bits per heavy atom. The van der Waals surface area contributed by atoms with E-state index in [0.29, 0.717) is 12.8 Å². The Bertz CT molecular complexity index is 851. The van der Waals surface area contributed by atoms with Crippen molar-refractivity contribution in [1.82, 2.24) is 9.55 Å². The van der Waals surface area contributed by atoms with Gasteiger partial charge in [0.25, 0.3) is 10.0 Å². The second kappa shape index (κ2) is 5.20. The average molecular weight is 348 g/mol. The number of anilines is 1. The molecule has 0 bridgehead atoms. The summed E-state index contributed by atoms with van der Waals surface area (Å²) in [5.74, 6) is -1.58. The first kappa shape index (κ1) is 15.2. The van der Waals surface area contributed by atoms with Crippen LogP contribution in [0.2, 0.25) is 5.15 Å². The number of hydrogen-bond donors (Lipinski definition) is 0. The van der Waals surface area contributed by atoms with E-state index >= 15 is 0 Å². The van der Waals surface area contributed by atoms with E-state index in [4.69, 9.17) is 11.6 Å². The number of hydrogen-bond acceptors (Lipinski definition) is 3. The number of halogens is 3. The summed E-state index contributed by atoms with van der Waals surface area (Å²) >= 11 is 5.95. The summed E-state index contributed by atoms with van der Waals surface area (Å²) in [5, 5.41) is -0.377. The molecule has 1 aliphatic rings. The number of rotatable bonds is 2. The first-order valence-corrected chi connectivity index (χ1v) is 8.31. The standard InChI is InChI=1S/C13H12ClF2N3O2S/c1-18-7-17-13(12(18)14)22(20,21)19-4-2-3-9-10(16)5-8(15)6-11(9)19/h5-7H,2-4H2,1H3. The van der Waals surface area contributed by atoms with Crippen LogP contribution in [-0.2, 0) is 23.5 Å². The van der Waals surface area contributed by atoms with Gasteiger partial charge in [0.1, 0.15) is 16.8 Å². The van der Waals surface area contributed by atoms with Gasteiger partial charge >= 0.3 is 0 Å². The average Bonchev–Trinajstić information content (AvgIpc) is 2.78. The highest BCUT2D eigenvalue weighted by atomic mass is 35.5. The Balaban J connectivity index is 2.17. The van der Waals surface area contributed by atoms with Crippen LogP contribution in [0.3, 0.4) is 0 Å². The third-order valence-electron chi connectivity index (χ3n) is 3.56. The van der Waals surface area contributed by atoms with Crippen LogP contribution in [0.15, 0.2) is 23.5 Å². The van der Waals surface area contributed by atoms with Crippen LogP contribution in [0.25, 0.3) is 0 Å². The lowest BCUT2D eigenvalue weighted by Gasteiger charge is -2.30. The molecule has 22 heavy (non-hydrogen) atoms. The van der Waals surface area contributed by atoms with Crippen LogP contribution in [0.1, 0.15) is 12.0 Å². The first-order valence-electron chi connectivity index (χ1n) is 6.50. The Kier molecular flexibility index (Phi) is 3.60. The normalized spacial score (nSPS) is 15.0. The molecule has 0 N–H and O–H groups in total. The van der Waals surface area contributed by atoms with Gasteiger partial charge in [0, 0.05) is 25.2 Å². The summed E-state index contributed by atoms with van der Waals surface area (Å²) < 4.78 is 55.1. The smallest absolute Gasteiger partial charge is 0.284 e. The summed E-state index contributed by atoms with van der Waals surface area (Å²) in [6.07, 6.45) is 2.05. The van der Waals surface area contributed by atoms with Crippen molar-refractivity contribution < 1.29 is 17.2 Å². The van der Waals surface area contributed by atoms with E-state index in [0.717, 1.165) is 16.4 Å². The monoisotopic (exact) mass is 347 g/mol. The highest BCUT2D eigenvalue weighted by Gasteiger charge is 2.34. The van der Waals surface area contributed by atoms with Gasteiger partial charge in [-0.2, -0.15) is 8.42 Å². The van der Waals surface area contributed by atoms with Gasteiger partial charge in [-0.1, -0.05) is 11.6 Å². The van der Waals surface area contributed by atoms with Crippen molar-refractivity contribution in [3.8, 4) is 0 Å². The molecule has 0 amide bonds. The zero-order valence-electron chi connectivity index (χ0n) is 11.6. The number of imidazole rings is 1. The maximum atomic E-state index is 13.9. The SMILES string of the molecule is Cn1cnc(S(=O)(=O)N2CCCc3c(F)cc(F)cc32)c1Cl. The van der Waals surface area contributed by atoms with Gasteiger partial charge in [-0.25, -0.2) is 13.8 Å². The molecule has 0 radical (unpaired) electrons. The fraction of sp³-hybridized carbons (Fsp3) is 0.308. The molecule has 5 nitrogen and oxygen atoms in total. The molecule has 1 aliphatic heterocycles. The van der Waals surface area contributed by atoms with Crippen LogP contribution in [0, 0.1) is 11.6 Å². The van der Waals surface area contributed by atoms with Crippen molar-refractivity contribution in [2.75, 3.05) is 10.8 Å². The molecule has 0 saturated carbocycles. The molecule has 118 valence electrons. The third-order valence-corrected chi connectivity index (χ3v) is 5.87. The maximum absolute atomic E-state index is 13.9. The molecule has 0 fully saturated rings. The number of fused-ring (bicyclic) bond motifs is 1. The van der Waals surface area contributed by atoms with Crippen LogP contribution in [0.4, 0.5) is 14.5 Å². The number of aryl methyl sites for hydroxylation is 1. The highest BCUT2D eigenvalue weighted by molar-refractivity contribution is 7.92. The van der Waals surface area contributed by atoms with Gasteiger partial charge < -0.3 is 4.57 Å². The summed E-state index contributed by atoms with van der Waals surface area (Å²) in [7, 11) is -2.53. The number of benzene rings is 1. The summed E-state index contributed by atoms with van der Waals surface area (Å²) in [4.78, 5) is 3.79. The zero-order chi connectivity index (χ0) is 16.1. The lowest BCUT2D eigenvalue weighted by atomic mass is 10.0. The van der Waals surface area contributed by atoms with E-state index in [-0.39, 0.29) is 28.0 Å². The molecule has 9 heteroatoms. The molecule has 0 spiro atoms. The van der Waals surface area contributed by atoms with Crippen LogP contribution >= 0.6 is 11.6 Å². The molecule has 1 aromatic heterocycles. The van der Waals surface area contributed by atoms with Crippen LogP contribution in [-0.4, -0.2) is 24.5 Å². The van der Waals surface area contributed by atoms with Gasteiger partial charge in [0.2, 0.25) is 5.03 Å². The highest BCUT2D eigenvalue weighted by Crippen LogP contribution is 2.35. The van der Waals surface area contributed by atoms with Gasteiger partial charge in [0.15, 0.2) is 0 Å². The summed E-state index contributed by atoms with van der Waals surface area (Å²) in [6.45, 7) is 0.116. The van der Waals surface area contributed by atoms with E-state index in [1.54, 1.807) is 7.05 Å². The Labute approximate surface area is 131 Å². The fourth-order valence-electron chi connectivity index (χ4n) is 2.50. The Morgan fingerprint density at radius 1 is 1.32 bits per heavy atom. The molecule has 0 aliphatic carbocycles. The molecular weight excluding hydrogens is 336 g/mol. The number of sulfonamides is 1. The molecule has 3 rings (SSSR count). The Hall–Kier alpha value is -1.67.